The van der Waals surface area contributed by atoms with Crippen molar-refractivity contribution in [3.63, 3.8) is 0 Å². The molecule has 12 heavy (non-hydrogen) atoms. The van der Waals surface area contributed by atoms with Gasteiger partial charge in [-0.25, -0.2) is 0 Å². The number of aliphatic hydroxyl groups is 1. The molecule has 70 valence electrons. The highest BCUT2D eigenvalue weighted by molar-refractivity contribution is 4.88. The minimum atomic E-state index is -1.95. The first kappa shape index (κ1) is 5.61. The fourth-order valence-electron chi connectivity index (χ4n) is 2.63. The summed E-state index contributed by atoms with van der Waals surface area (Å²) in [6.45, 7) is -1.26. The summed E-state index contributed by atoms with van der Waals surface area (Å²) in [5.41, 5.74) is 0. The third-order valence-electron chi connectivity index (χ3n) is 3.29. The van der Waals surface area contributed by atoms with E-state index >= 15 is 0 Å². The van der Waals surface area contributed by atoms with Crippen molar-refractivity contribution in [3.8, 4) is 0 Å². The van der Waals surface area contributed by atoms with Crippen molar-refractivity contribution in [1.82, 2.24) is 4.90 Å². The first-order valence-electron chi connectivity index (χ1n) is 6.43. The zero-order valence-corrected chi connectivity index (χ0v) is 7.37. The molecule has 0 bridgehead atoms. The van der Waals surface area contributed by atoms with Gasteiger partial charge in [0.05, 0.1) is 6.10 Å². The minimum absolute atomic E-state index is 0.176. The molecule has 0 aromatic heterocycles. The van der Waals surface area contributed by atoms with E-state index < -0.39 is 6.98 Å². The molecule has 2 fully saturated rings. The second-order valence-corrected chi connectivity index (χ2v) is 4.13. The predicted octanol–water partition coefficient (Wildman–Crippen LogP) is 1.24. The highest BCUT2D eigenvalue weighted by Crippen LogP contribution is 2.34. The summed E-state index contributed by atoms with van der Waals surface area (Å²) in [4.78, 5) is 1.67. The van der Waals surface area contributed by atoms with Gasteiger partial charge in [-0.1, -0.05) is 0 Å². The number of hydrogen-bond acceptors (Lipinski definition) is 2. The lowest BCUT2D eigenvalue weighted by atomic mass is 9.77. The molecule has 1 saturated heterocycles. The summed E-state index contributed by atoms with van der Waals surface area (Å²) in [6, 6.07) is 0.176. The summed E-state index contributed by atoms with van der Waals surface area (Å²) >= 11 is 0. The van der Waals surface area contributed by atoms with Gasteiger partial charge in [0.2, 0.25) is 0 Å². The topological polar surface area (TPSA) is 23.5 Å². The van der Waals surface area contributed by atoms with E-state index in [2.05, 4.69) is 0 Å². The zero-order chi connectivity index (χ0) is 11.1. The lowest BCUT2D eigenvalue weighted by molar-refractivity contribution is 0.0170. The van der Waals surface area contributed by atoms with Gasteiger partial charge in [-0.3, -0.25) is 0 Å². The molecule has 0 aromatic carbocycles. The molecule has 0 radical (unpaired) electrons. The molecule has 3 unspecified atom stereocenters. The van der Waals surface area contributed by atoms with Gasteiger partial charge in [-0.2, -0.15) is 0 Å². The normalized spacial score (nSPS) is 48.8. The number of rotatable bonds is 0. The maximum absolute atomic E-state index is 9.58. The zero-order valence-electron chi connectivity index (χ0n) is 10.4. The second-order valence-electron chi connectivity index (χ2n) is 4.13. The fraction of sp³-hybridized carbons (Fsp3) is 1.00. The maximum Gasteiger partial charge on any atom is 0.0544 e. The highest BCUT2D eigenvalue weighted by Gasteiger charge is 2.34. The third kappa shape index (κ3) is 1.50. The van der Waals surface area contributed by atoms with E-state index in [4.69, 9.17) is 4.11 Å². The maximum atomic E-state index is 9.58. The Labute approximate surface area is 78.8 Å². The quantitative estimate of drug-likeness (QED) is 0.594. The van der Waals surface area contributed by atoms with Gasteiger partial charge < -0.3 is 10.0 Å². The molecule has 1 heterocycles. The van der Waals surface area contributed by atoms with Crippen molar-refractivity contribution in [1.29, 1.82) is 0 Å². The molecular weight excluding hydrogens is 150 g/mol. The molecule has 1 aliphatic heterocycles. The third-order valence-corrected chi connectivity index (χ3v) is 3.29. The van der Waals surface area contributed by atoms with Gasteiger partial charge in [-0.15, -0.1) is 0 Å². The molecule has 2 rings (SSSR count). The van der Waals surface area contributed by atoms with Crippen LogP contribution >= 0.6 is 0 Å². The van der Waals surface area contributed by atoms with Gasteiger partial charge in [0, 0.05) is 10.2 Å². The molecule has 0 amide bonds. The van der Waals surface area contributed by atoms with Crippen LogP contribution in [0.25, 0.3) is 0 Å². The Morgan fingerprint density at radius 3 is 3.17 bits per heavy atom. The van der Waals surface area contributed by atoms with E-state index in [1.54, 1.807) is 4.90 Å². The summed E-state index contributed by atoms with van der Waals surface area (Å²) in [7, 11) is 0. The summed E-state index contributed by atoms with van der Waals surface area (Å²) in [5.74, 6) is 0.392. The smallest absolute Gasteiger partial charge is 0.0544 e. The number of fused-ring (bicyclic) bond motifs is 1. The van der Waals surface area contributed by atoms with Crippen LogP contribution in [0.3, 0.4) is 0 Å². The number of aliphatic hydroxyl groups excluding tert-OH is 1. The molecule has 3 atom stereocenters. The second kappa shape index (κ2) is 3.35. The van der Waals surface area contributed by atoms with E-state index in [0.717, 1.165) is 32.1 Å². The Morgan fingerprint density at radius 2 is 2.33 bits per heavy atom. The molecule has 2 heteroatoms. The fourth-order valence-corrected chi connectivity index (χ4v) is 2.63. The van der Waals surface area contributed by atoms with E-state index in [1.807, 2.05) is 0 Å². The van der Waals surface area contributed by atoms with Crippen molar-refractivity contribution in [2.24, 2.45) is 5.92 Å². The molecular formula is C10H19NO. The van der Waals surface area contributed by atoms with Gasteiger partial charge in [0.25, 0.3) is 0 Å². The lowest BCUT2D eigenvalue weighted by Crippen LogP contribution is -2.46. The minimum Gasteiger partial charge on any atom is -0.393 e. The molecule has 0 spiro atoms. The average molecular weight is 172 g/mol. The first-order valence-corrected chi connectivity index (χ1v) is 4.93. The number of hydrogen-bond donors (Lipinski definition) is 1. The van der Waals surface area contributed by atoms with Crippen molar-refractivity contribution in [2.75, 3.05) is 13.5 Å². The van der Waals surface area contributed by atoms with Crippen LogP contribution < -0.4 is 0 Å². The number of nitrogens with zero attached hydrogens (tertiary/aromatic N) is 1. The van der Waals surface area contributed by atoms with Crippen LogP contribution in [0.4, 0.5) is 0 Å². The van der Waals surface area contributed by atoms with Crippen molar-refractivity contribution >= 4 is 0 Å². The van der Waals surface area contributed by atoms with Crippen molar-refractivity contribution in [3.05, 3.63) is 0 Å². The molecule has 0 aromatic rings. The SMILES string of the molecule is [2H]C([2H])([2H])N1CCCC2CC(O)CCC21. The summed E-state index contributed by atoms with van der Waals surface area (Å²) < 4.78 is 22.5. The number of piperidine rings is 1. The Morgan fingerprint density at radius 1 is 1.42 bits per heavy atom. The standard InChI is InChI=1S/C10H19NO/c1-11-6-2-3-8-7-9(12)4-5-10(8)11/h8-10,12H,2-7H2,1H3/i1D3. The van der Waals surface area contributed by atoms with E-state index in [0.29, 0.717) is 12.5 Å². The molecule has 1 N–H and O–H groups in total. The van der Waals surface area contributed by atoms with Gasteiger partial charge >= 0.3 is 0 Å². The average Bonchev–Trinajstić information content (AvgIpc) is 2.15. The summed E-state index contributed by atoms with van der Waals surface area (Å²) in [5, 5.41) is 9.58. The van der Waals surface area contributed by atoms with Crippen LogP contribution in [0, 0.1) is 5.92 Å². The van der Waals surface area contributed by atoms with E-state index in [9.17, 15) is 5.11 Å². The van der Waals surface area contributed by atoms with Crippen molar-refractivity contribution < 1.29 is 9.22 Å². The number of likely N-dealkylation sites (tertiary alicyclic amines) is 1. The van der Waals surface area contributed by atoms with E-state index in [-0.39, 0.29) is 12.1 Å². The van der Waals surface area contributed by atoms with Gasteiger partial charge in [-0.05, 0) is 51.5 Å². The van der Waals surface area contributed by atoms with Crippen LogP contribution in [0.2, 0.25) is 0 Å². The summed E-state index contributed by atoms with van der Waals surface area (Å²) in [6.07, 6.45) is 4.21. The largest absolute Gasteiger partial charge is 0.393 e. The lowest BCUT2D eigenvalue weighted by Gasteiger charge is -2.43. The molecule has 2 aliphatic rings. The Balaban J connectivity index is 2.08. The monoisotopic (exact) mass is 172 g/mol. The van der Waals surface area contributed by atoms with Gasteiger partial charge in [0.15, 0.2) is 0 Å². The van der Waals surface area contributed by atoms with Crippen LogP contribution in [0.5, 0.6) is 0 Å². The predicted molar refractivity (Wildman–Crippen MR) is 49.0 cm³/mol. The van der Waals surface area contributed by atoms with E-state index in [1.165, 1.54) is 0 Å². The molecule has 1 aliphatic carbocycles. The highest BCUT2D eigenvalue weighted by atomic mass is 16.3. The Hall–Kier alpha value is -0.0800. The van der Waals surface area contributed by atoms with Crippen LogP contribution in [-0.2, 0) is 0 Å². The Bertz CT molecular complexity index is 231. The first-order chi connectivity index (χ1) is 6.98. The van der Waals surface area contributed by atoms with Crippen LogP contribution in [0.15, 0.2) is 0 Å². The Kier molecular flexibility index (Phi) is 1.56. The van der Waals surface area contributed by atoms with Crippen molar-refractivity contribution in [2.45, 2.75) is 44.2 Å². The van der Waals surface area contributed by atoms with Crippen LogP contribution in [-0.4, -0.2) is 35.7 Å². The van der Waals surface area contributed by atoms with Gasteiger partial charge in [0.1, 0.15) is 0 Å². The molecule has 1 saturated carbocycles. The molecule has 2 nitrogen and oxygen atoms in total. The van der Waals surface area contributed by atoms with Crippen LogP contribution in [0.1, 0.15) is 36.2 Å².